The van der Waals surface area contributed by atoms with E-state index in [1.54, 1.807) is 0 Å². The smallest absolute Gasteiger partial charge is 0.324 e. The molecule has 0 saturated carbocycles. The van der Waals surface area contributed by atoms with E-state index in [9.17, 15) is 4.79 Å². The first kappa shape index (κ1) is 14.0. The number of hydrogen-bond acceptors (Lipinski definition) is 4. The molecule has 0 aliphatic carbocycles. The van der Waals surface area contributed by atoms with Crippen LogP contribution in [0, 0.1) is 0 Å². The lowest BCUT2D eigenvalue weighted by atomic mass is 9.90. The standard InChI is InChI=1S/C15H22N2O2/c1-15(2,3)19-14(18)12-8-10-6-4-5-7-11(10)13(9-16)17-12/h4-7,12-13,17H,8-9,16H2,1-3H3/t12?,13-/m0/s1. The van der Waals surface area contributed by atoms with E-state index in [2.05, 4.69) is 17.4 Å². The van der Waals surface area contributed by atoms with Crippen molar-refractivity contribution in [1.82, 2.24) is 5.32 Å². The Kier molecular flexibility index (Phi) is 3.92. The van der Waals surface area contributed by atoms with Crippen molar-refractivity contribution >= 4 is 5.97 Å². The molecule has 19 heavy (non-hydrogen) atoms. The van der Waals surface area contributed by atoms with E-state index in [4.69, 9.17) is 10.5 Å². The van der Waals surface area contributed by atoms with E-state index < -0.39 is 5.60 Å². The molecule has 4 nitrogen and oxygen atoms in total. The fraction of sp³-hybridized carbons (Fsp3) is 0.533. The Morgan fingerprint density at radius 3 is 2.74 bits per heavy atom. The zero-order chi connectivity index (χ0) is 14.0. The van der Waals surface area contributed by atoms with E-state index in [0.29, 0.717) is 13.0 Å². The fourth-order valence-corrected chi connectivity index (χ4v) is 2.39. The molecule has 0 radical (unpaired) electrons. The minimum absolute atomic E-state index is 0.0162. The maximum Gasteiger partial charge on any atom is 0.324 e. The quantitative estimate of drug-likeness (QED) is 0.794. The van der Waals surface area contributed by atoms with Gasteiger partial charge in [-0.2, -0.15) is 0 Å². The molecule has 1 heterocycles. The second kappa shape index (κ2) is 5.31. The fourth-order valence-electron chi connectivity index (χ4n) is 2.39. The van der Waals surface area contributed by atoms with Crippen LogP contribution in [0.4, 0.5) is 0 Å². The zero-order valence-electron chi connectivity index (χ0n) is 11.8. The number of benzene rings is 1. The molecule has 1 unspecified atom stereocenters. The van der Waals surface area contributed by atoms with Crippen LogP contribution in [0.15, 0.2) is 24.3 Å². The second-order valence-electron chi connectivity index (χ2n) is 5.94. The molecule has 0 saturated heterocycles. The van der Waals surface area contributed by atoms with Crippen molar-refractivity contribution in [3.05, 3.63) is 35.4 Å². The van der Waals surface area contributed by atoms with Crippen LogP contribution in [0.3, 0.4) is 0 Å². The lowest BCUT2D eigenvalue weighted by Crippen LogP contribution is -2.49. The summed E-state index contributed by atoms with van der Waals surface area (Å²) in [6.07, 6.45) is 0.654. The van der Waals surface area contributed by atoms with Gasteiger partial charge in [0.25, 0.3) is 0 Å². The largest absolute Gasteiger partial charge is 0.459 e. The number of carbonyl (C=O) groups is 1. The number of carbonyl (C=O) groups excluding carboxylic acids is 1. The van der Waals surface area contributed by atoms with Crippen molar-refractivity contribution in [2.45, 2.75) is 44.9 Å². The Bertz CT molecular complexity index is 465. The molecular weight excluding hydrogens is 240 g/mol. The third-order valence-corrected chi connectivity index (χ3v) is 3.18. The highest BCUT2D eigenvalue weighted by Crippen LogP contribution is 2.25. The molecule has 1 aliphatic rings. The van der Waals surface area contributed by atoms with Crippen LogP contribution in [0.25, 0.3) is 0 Å². The first-order chi connectivity index (χ1) is 8.90. The van der Waals surface area contributed by atoms with Gasteiger partial charge in [-0.3, -0.25) is 10.1 Å². The van der Waals surface area contributed by atoms with Crippen molar-refractivity contribution < 1.29 is 9.53 Å². The Morgan fingerprint density at radius 2 is 2.11 bits per heavy atom. The summed E-state index contributed by atoms with van der Waals surface area (Å²) in [5.74, 6) is -0.208. The van der Waals surface area contributed by atoms with Crippen molar-refractivity contribution in [1.29, 1.82) is 0 Å². The molecule has 104 valence electrons. The lowest BCUT2D eigenvalue weighted by Gasteiger charge is -2.33. The Labute approximate surface area is 114 Å². The number of nitrogens with one attached hydrogen (secondary N) is 1. The number of fused-ring (bicyclic) bond motifs is 1. The number of ether oxygens (including phenoxy) is 1. The highest BCUT2D eigenvalue weighted by molar-refractivity contribution is 5.77. The molecule has 4 heteroatoms. The van der Waals surface area contributed by atoms with Crippen molar-refractivity contribution in [2.75, 3.05) is 6.54 Å². The summed E-state index contributed by atoms with van der Waals surface area (Å²) in [5, 5.41) is 3.28. The molecule has 0 bridgehead atoms. The van der Waals surface area contributed by atoms with Gasteiger partial charge in [0.05, 0.1) is 0 Å². The van der Waals surface area contributed by atoms with Gasteiger partial charge in [0.2, 0.25) is 0 Å². The molecule has 1 aromatic rings. The average Bonchev–Trinajstić information content (AvgIpc) is 2.35. The van der Waals surface area contributed by atoms with Crippen LogP contribution < -0.4 is 11.1 Å². The Balaban J connectivity index is 2.17. The van der Waals surface area contributed by atoms with Gasteiger partial charge in [-0.05, 0) is 38.3 Å². The predicted molar refractivity (Wildman–Crippen MR) is 74.7 cm³/mol. The van der Waals surface area contributed by atoms with Gasteiger partial charge in [-0.15, -0.1) is 0 Å². The first-order valence-electron chi connectivity index (χ1n) is 6.67. The summed E-state index contributed by atoms with van der Waals surface area (Å²) >= 11 is 0. The van der Waals surface area contributed by atoms with Crippen molar-refractivity contribution in [3.63, 3.8) is 0 Å². The maximum absolute atomic E-state index is 12.2. The summed E-state index contributed by atoms with van der Waals surface area (Å²) in [7, 11) is 0. The second-order valence-corrected chi connectivity index (χ2v) is 5.94. The molecule has 3 N–H and O–H groups in total. The third kappa shape index (κ3) is 3.33. The SMILES string of the molecule is CC(C)(C)OC(=O)C1Cc2ccccc2[C@H](CN)N1. The van der Waals surface area contributed by atoms with Gasteiger partial charge in [-0.1, -0.05) is 24.3 Å². The molecule has 0 amide bonds. The van der Waals surface area contributed by atoms with E-state index in [1.807, 2.05) is 32.9 Å². The highest BCUT2D eigenvalue weighted by Gasteiger charge is 2.32. The minimum Gasteiger partial charge on any atom is -0.459 e. The molecule has 1 aliphatic heterocycles. The first-order valence-corrected chi connectivity index (χ1v) is 6.67. The van der Waals surface area contributed by atoms with Gasteiger partial charge < -0.3 is 10.5 Å². The molecular formula is C15H22N2O2. The summed E-state index contributed by atoms with van der Waals surface area (Å²) in [6, 6.07) is 7.80. The molecule has 0 aromatic heterocycles. The zero-order valence-corrected chi connectivity index (χ0v) is 11.8. The average molecular weight is 262 g/mol. The predicted octanol–water partition coefficient (Wildman–Crippen LogP) is 1.54. The van der Waals surface area contributed by atoms with E-state index in [0.717, 1.165) is 0 Å². The molecule has 0 spiro atoms. The van der Waals surface area contributed by atoms with Crippen molar-refractivity contribution in [2.24, 2.45) is 5.73 Å². The Hall–Kier alpha value is -1.39. The molecule has 1 aromatic carbocycles. The molecule has 0 fully saturated rings. The van der Waals surface area contributed by atoms with Gasteiger partial charge in [-0.25, -0.2) is 0 Å². The van der Waals surface area contributed by atoms with Gasteiger partial charge in [0.15, 0.2) is 0 Å². The third-order valence-electron chi connectivity index (χ3n) is 3.18. The van der Waals surface area contributed by atoms with Gasteiger partial charge in [0, 0.05) is 12.6 Å². The maximum atomic E-state index is 12.2. The highest BCUT2D eigenvalue weighted by atomic mass is 16.6. The van der Waals surface area contributed by atoms with Crippen LogP contribution >= 0.6 is 0 Å². The normalized spacial score (nSPS) is 22.7. The summed E-state index contributed by atoms with van der Waals surface area (Å²) in [6.45, 7) is 6.10. The van der Waals surface area contributed by atoms with Crippen LogP contribution in [0.5, 0.6) is 0 Å². The van der Waals surface area contributed by atoms with Crippen molar-refractivity contribution in [3.8, 4) is 0 Å². The molecule has 2 atom stereocenters. The van der Waals surface area contributed by atoms with E-state index >= 15 is 0 Å². The Morgan fingerprint density at radius 1 is 1.42 bits per heavy atom. The number of nitrogens with two attached hydrogens (primary N) is 1. The number of hydrogen-bond donors (Lipinski definition) is 2. The van der Waals surface area contributed by atoms with E-state index in [1.165, 1.54) is 11.1 Å². The lowest BCUT2D eigenvalue weighted by molar-refractivity contribution is -0.157. The van der Waals surface area contributed by atoms with Gasteiger partial charge >= 0.3 is 5.97 Å². The number of esters is 1. The summed E-state index contributed by atoms with van der Waals surface area (Å²) < 4.78 is 5.44. The molecule has 2 rings (SSSR count). The number of rotatable bonds is 2. The van der Waals surface area contributed by atoms with E-state index in [-0.39, 0.29) is 18.1 Å². The summed E-state index contributed by atoms with van der Waals surface area (Å²) in [4.78, 5) is 12.2. The van der Waals surface area contributed by atoms with Crippen LogP contribution in [-0.2, 0) is 16.0 Å². The monoisotopic (exact) mass is 262 g/mol. The van der Waals surface area contributed by atoms with Gasteiger partial charge in [0.1, 0.15) is 11.6 Å². The van der Waals surface area contributed by atoms with Crippen LogP contribution in [-0.4, -0.2) is 24.2 Å². The minimum atomic E-state index is -0.464. The van der Waals surface area contributed by atoms with Crippen LogP contribution in [0.1, 0.15) is 37.9 Å². The van der Waals surface area contributed by atoms with Crippen LogP contribution in [0.2, 0.25) is 0 Å². The summed E-state index contributed by atoms with van der Waals surface area (Å²) in [5.41, 5.74) is 7.69. The topological polar surface area (TPSA) is 64.3 Å².